The van der Waals surface area contributed by atoms with E-state index in [0.717, 1.165) is 34.2 Å². The van der Waals surface area contributed by atoms with E-state index in [1.165, 1.54) is 0 Å². The van der Waals surface area contributed by atoms with E-state index in [4.69, 9.17) is 21.1 Å². The predicted octanol–water partition coefficient (Wildman–Crippen LogP) is 6.13. The molecule has 1 aliphatic rings. The second kappa shape index (κ2) is 8.28. The summed E-state index contributed by atoms with van der Waals surface area (Å²) in [6.07, 6.45) is 2.52. The topological polar surface area (TPSA) is 55.7 Å². The lowest BCUT2D eigenvalue weighted by Crippen LogP contribution is -2.10. The van der Waals surface area contributed by atoms with Gasteiger partial charge in [-0.3, -0.25) is 4.98 Å². The second-order valence-corrected chi connectivity index (χ2v) is 7.73. The molecule has 1 aliphatic heterocycles. The average molecular weight is 430 g/mol. The largest absolute Gasteiger partial charge is 0.493 e. The van der Waals surface area contributed by atoms with Crippen LogP contribution in [0.15, 0.2) is 84.1 Å². The Kier molecular flexibility index (Phi) is 5.18. The first kappa shape index (κ1) is 19.4. The summed E-state index contributed by atoms with van der Waals surface area (Å²) in [7, 11) is 1.64. The molecule has 5 rings (SSSR count). The van der Waals surface area contributed by atoms with Gasteiger partial charge in [0, 0.05) is 23.0 Å². The summed E-state index contributed by atoms with van der Waals surface area (Å²) in [5, 5.41) is 6.05. The van der Waals surface area contributed by atoms with Gasteiger partial charge in [-0.25, -0.2) is 0 Å². The van der Waals surface area contributed by atoms with Crippen LogP contribution >= 0.6 is 11.6 Å². The third-order valence-corrected chi connectivity index (χ3v) is 5.57. The van der Waals surface area contributed by atoms with Gasteiger partial charge in [0.05, 0.1) is 24.4 Å². The van der Waals surface area contributed by atoms with Gasteiger partial charge in [0.15, 0.2) is 11.5 Å². The van der Waals surface area contributed by atoms with Crippen molar-refractivity contribution in [2.75, 3.05) is 7.11 Å². The Morgan fingerprint density at radius 3 is 2.65 bits per heavy atom. The molecule has 0 fully saturated rings. The van der Waals surface area contributed by atoms with E-state index < -0.39 is 0 Å². The number of halogens is 1. The van der Waals surface area contributed by atoms with E-state index in [1.54, 1.807) is 13.3 Å². The maximum absolute atomic E-state index is 6.20. The monoisotopic (exact) mass is 429 g/mol. The lowest BCUT2D eigenvalue weighted by Gasteiger charge is -2.16. The van der Waals surface area contributed by atoms with E-state index >= 15 is 0 Å². The first-order valence-electron chi connectivity index (χ1n) is 9.99. The van der Waals surface area contributed by atoms with Crippen molar-refractivity contribution in [2.24, 2.45) is 5.10 Å². The zero-order valence-electron chi connectivity index (χ0n) is 16.9. The smallest absolute Gasteiger partial charge is 0.169 e. The number of hydrazone groups is 1. The van der Waals surface area contributed by atoms with Gasteiger partial charge in [-0.15, -0.1) is 0 Å². The predicted molar refractivity (Wildman–Crippen MR) is 123 cm³/mol. The molecule has 1 aromatic heterocycles. The van der Waals surface area contributed by atoms with Crippen molar-refractivity contribution in [2.45, 2.75) is 12.5 Å². The lowest BCUT2D eigenvalue weighted by molar-refractivity contribution is 0.379. The molecular formula is C25H20ClN3O2. The summed E-state index contributed by atoms with van der Waals surface area (Å²) in [5.41, 5.74) is 7.29. The van der Waals surface area contributed by atoms with Gasteiger partial charge in [-0.05, 0) is 47.5 Å². The molecule has 6 heteroatoms. The zero-order chi connectivity index (χ0) is 21.2. The van der Waals surface area contributed by atoms with Gasteiger partial charge < -0.3 is 14.9 Å². The van der Waals surface area contributed by atoms with Crippen LogP contribution in [0.25, 0.3) is 10.9 Å². The van der Waals surface area contributed by atoms with Crippen molar-refractivity contribution in [1.29, 1.82) is 0 Å². The Hall–Kier alpha value is -3.57. The number of benzene rings is 3. The molecule has 0 radical (unpaired) electrons. The first-order valence-corrected chi connectivity index (χ1v) is 10.4. The van der Waals surface area contributed by atoms with Gasteiger partial charge in [0.2, 0.25) is 0 Å². The second-order valence-electron chi connectivity index (χ2n) is 7.29. The lowest BCUT2D eigenvalue weighted by atomic mass is 9.99. The van der Waals surface area contributed by atoms with Crippen LogP contribution in [0, 0.1) is 0 Å². The van der Waals surface area contributed by atoms with Gasteiger partial charge in [-0.1, -0.05) is 48.0 Å². The van der Waals surface area contributed by atoms with Crippen molar-refractivity contribution < 1.29 is 9.47 Å². The minimum atomic E-state index is 0.0852. The van der Waals surface area contributed by atoms with E-state index in [1.807, 2.05) is 60.7 Å². The first-order chi connectivity index (χ1) is 15.2. The summed E-state index contributed by atoms with van der Waals surface area (Å²) >= 11 is 6.09. The molecule has 1 N–H and O–H groups in total. The van der Waals surface area contributed by atoms with Crippen molar-refractivity contribution in [1.82, 2.24) is 10.4 Å². The van der Waals surface area contributed by atoms with Gasteiger partial charge in [-0.2, -0.15) is 5.10 Å². The van der Waals surface area contributed by atoms with E-state index in [-0.39, 0.29) is 6.04 Å². The highest BCUT2D eigenvalue weighted by Gasteiger charge is 2.22. The molecule has 154 valence electrons. The number of hydrogen-bond donors (Lipinski definition) is 1. The molecule has 0 saturated heterocycles. The molecule has 0 bridgehead atoms. The highest BCUT2D eigenvalue weighted by Crippen LogP contribution is 2.37. The van der Waals surface area contributed by atoms with Crippen molar-refractivity contribution in [3.63, 3.8) is 0 Å². The van der Waals surface area contributed by atoms with Gasteiger partial charge in [0.25, 0.3) is 0 Å². The maximum atomic E-state index is 6.20. The molecule has 1 unspecified atom stereocenters. The standard InChI is InChI=1S/C25H20ClN3O2/c1-30-25-13-17(21-15-20(28-29-21)16-5-3-2-4-6-16)7-10-24(25)31-23-11-12-27-22-14-18(26)8-9-19(22)23/h2-14,21,29H,15H2,1H3. The van der Waals surface area contributed by atoms with Crippen molar-refractivity contribution >= 4 is 28.2 Å². The molecule has 2 heterocycles. The van der Waals surface area contributed by atoms with E-state index in [0.29, 0.717) is 22.3 Å². The van der Waals surface area contributed by atoms with Gasteiger partial charge in [0.1, 0.15) is 5.75 Å². The number of aromatic nitrogens is 1. The summed E-state index contributed by atoms with van der Waals surface area (Å²) in [6, 6.07) is 23.7. The maximum Gasteiger partial charge on any atom is 0.169 e. The number of methoxy groups -OCH3 is 1. The van der Waals surface area contributed by atoms with Crippen LogP contribution in [0.2, 0.25) is 5.02 Å². The minimum Gasteiger partial charge on any atom is -0.493 e. The van der Waals surface area contributed by atoms with Crippen molar-refractivity contribution in [3.8, 4) is 17.2 Å². The Bertz CT molecular complexity index is 1270. The highest BCUT2D eigenvalue weighted by atomic mass is 35.5. The van der Waals surface area contributed by atoms with Crippen LogP contribution in [-0.2, 0) is 0 Å². The number of nitrogens with one attached hydrogen (secondary N) is 1. The minimum absolute atomic E-state index is 0.0852. The SMILES string of the molecule is COc1cc(C2CC(c3ccccc3)=NN2)ccc1Oc1ccnc2cc(Cl)ccc12. The van der Waals surface area contributed by atoms with E-state index in [9.17, 15) is 0 Å². The Labute approximate surface area is 185 Å². The molecular weight excluding hydrogens is 410 g/mol. The number of nitrogens with zero attached hydrogens (tertiary/aromatic N) is 2. The number of pyridine rings is 1. The van der Waals surface area contributed by atoms with Crippen LogP contribution in [0.4, 0.5) is 0 Å². The molecule has 31 heavy (non-hydrogen) atoms. The third-order valence-electron chi connectivity index (χ3n) is 5.33. The van der Waals surface area contributed by atoms with E-state index in [2.05, 4.69) is 27.6 Å². The molecule has 0 spiro atoms. The fraction of sp³-hybridized carbons (Fsp3) is 0.120. The van der Waals surface area contributed by atoms with Crippen LogP contribution in [-0.4, -0.2) is 17.8 Å². The Morgan fingerprint density at radius 2 is 1.81 bits per heavy atom. The summed E-state index contributed by atoms with van der Waals surface area (Å²) < 4.78 is 11.8. The molecule has 0 amide bonds. The Balaban J connectivity index is 1.39. The normalized spacial score (nSPS) is 15.4. The van der Waals surface area contributed by atoms with Crippen LogP contribution < -0.4 is 14.9 Å². The summed E-state index contributed by atoms with van der Waals surface area (Å²) in [4.78, 5) is 4.37. The Morgan fingerprint density at radius 1 is 0.935 bits per heavy atom. The third kappa shape index (κ3) is 3.92. The van der Waals surface area contributed by atoms with Crippen LogP contribution in [0.1, 0.15) is 23.6 Å². The van der Waals surface area contributed by atoms with Gasteiger partial charge >= 0.3 is 0 Å². The number of ether oxygens (including phenoxy) is 2. The zero-order valence-corrected chi connectivity index (χ0v) is 17.6. The number of hydrogen-bond acceptors (Lipinski definition) is 5. The fourth-order valence-corrected chi connectivity index (χ4v) is 3.90. The molecule has 4 aromatic rings. The summed E-state index contributed by atoms with van der Waals surface area (Å²) in [6.45, 7) is 0. The number of fused-ring (bicyclic) bond motifs is 1. The fourth-order valence-electron chi connectivity index (χ4n) is 3.73. The molecule has 3 aromatic carbocycles. The highest BCUT2D eigenvalue weighted by molar-refractivity contribution is 6.31. The quantitative estimate of drug-likeness (QED) is 0.414. The molecule has 0 aliphatic carbocycles. The molecule has 0 saturated carbocycles. The van der Waals surface area contributed by atoms with Crippen LogP contribution in [0.3, 0.4) is 0 Å². The number of rotatable bonds is 5. The average Bonchev–Trinajstić information content (AvgIpc) is 3.30. The molecule has 5 nitrogen and oxygen atoms in total. The van der Waals surface area contributed by atoms with Crippen LogP contribution in [0.5, 0.6) is 17.2 Å². The van der Waals surface area contributed by atoms with Crippen molar-refractivity contribution in [3.05, 3.63) is 95.1 Å². The molecule has 1 atom stereocenters. The summed E-state index contributed by atoms with van der Waals surface area (Å²) in [5.74, 6) is 1.99.